The first-order valence-corrected chi connectivity index (χ1v) is 7.44. The van der Waals surface area contributed by atoms with Crippen LogP contribution in [-0.4, -0.2) is 15.4 Å². The molecule has 0 aliphatic carbocycles. The average Bonchev–Trinajstić information content (AvgIpc) is 2.77. The molecule has 0 unspecified atom stereocenters. The van der Waals surface area contributed by atoms with E-state index in [1.165, 1.54) is 6.07 Å². The lowest BCUT2D eigenvalue weighted by molar-refractivity contribution is 0.615. The Morgan fingerprint density at radius 2 is 2.00 bits per heavy atom. The van der Waals surface area contributed by atoms with Crippen molar-refractivity contribution >= 4 is 22.6 Å². The number of alkyl halides is 1. The zero-order chi connectivity index (χ0) is 15.0. The van der Waals surface area contributed by atoms with Crippen molar-refractivity contribution in [1.29, 1.82) is 0 Å². The minimum absolute atomic E-state index is 0.245. The zero-order valence-electron chi connectivity index (χ0n) is 12.0. The summed E-state index contributed by atoms with van der Waals surface area (Å²) in [5.41, 5.74) is 4.36. The molecule has 3 aromatic rings. The van der Waals surface area contributed by atoms with Crippen LogP contribution in [0.4, 0.5) is 4.39 Å². The summed E-state index contributed by atoms with van der Waals surface area (Å²) in [5.74, 6) is 1.00. The van der Waals surface area contributed by atoms with E-state index in [2.05, 4.69) is 4.98 Å². The van der Waals surface area contributed by atoms with Gasteiger partial charge in [0.05, 0.1) is 16.7 Å². The van der Waals surface area contributed by atoms with E-state index >= 15 is 0 Å². The van der Waals surface area contributed by atoms with Crippen molar-refractivity contribution in [3.8, 4) is 5.69 Å². The molecule has 2 nitrogen and oxygen atoms in total. The number of hydrogen-bond donors (Lipinski definition) is 0. The van der Waals surface area contributed by atoms with Gasteiger partial charge in [0.2, 0.25) is 0 Å². The van der Waals surface area contributed by atoms with Gasteiger partial charge in [-0.25, -0.2) is 9.37 Å². The third-order valence-corrected chi connectivity index (χ3v) is 3.80. The largest absolute Gasteiger partial charge is 0.293 e. The molecule has 21 heavy (non-hydrogen) atoms. The number of aryl methyl sites for hydroxylation is 3. The Bertz CT molecular complexity index is 788. The minimum atomic E-state index is -0.245. The highest BCUT2D eigenvalue weighted by molar-refractivity contribution is 6.17. The van der Waals surface area contributed by atoms with Crippen molar-refractivity contribution in [2.75, 3.05) is 5.88 Å². The molecular formula is C17H16ClFN2. The van der Waals surface area contributed by atoms with Gasteiger partial charge in [-0.1, -0.05) is 18.2 Å². The molecule has 2 aromatic carbocycles. The Labute approximate surface area is 128 Å². The van der Waals surface area contributed by atoms with Crippen molar-refractivity contribution in [2.45, 2.75) is 20.3 Å². The van der Waals surface area contributed by atoms with E-state index in [0.29, 0.717) is 18.0 Å². The minimum Gasteiger partial charge on any atom is -0.293 e. The summed E-state index contributed by atoms with van der Waals surface area (Å²) in [4.78, 5) is 4.63. The molecule has 1 aromatic heterocycles. The number of rotatable bonds is 3. The molecule has 0 spiro atoms. The molecule has 0 aliphatic heterocycles. The van der Waals surface area contributed by atoms with Gasteiger partial charge in [-0.2, -0.15) is 0 Å². The summed E-state index contributed by atoms with van der Waals surface area (Å²) >= 11 is 5.89. The molecule has 0 fully saturated rings. The molecule has 0 bridgehead atoms. The van der Waals surface area contributed by atoms with Gasteiger partial charge in [0.1, 0.15) is 11.6 Å². The fourth-order valence-corrected chi connectivity index (χ4v) is 2.82. The summed E-state index contributed by atoms with van der Waals surface area (Å²) in [6.45, 7) is 3.93. The van der Waals surface area contributed by atoms with Crippen molar-refractivity contribution in [3.05, 3.63) is 59.2 Å². The molecule has 0 saturated carbocycles. The smallest absolute Gasteiger partial charge is 0.147 e. The van der Waals surface area contributed by atoms with E-state index in [1.54, 1.807) is 6.07 Å². The highest BCUT2D eigenvalue weighted by Crippen LogP contribution is 2.27. The summed E-state index contributed by atoms with van der Waals surface area (Å²) in [6.07, 6.45) is 0.600. The average molecular weight is 303 g/mol. The Balaban J connectivity index is 2.36. The number of para-hydroxylation sites is 1. The summed E-state index contributed by atoms with van der Waals surface area (Å²) in [6, 6.07) is 11.1. The first-order chi connectivity index (χ1) is 10.1. The van der Waals surface area contributed by atoms with E-state index in [4.69, 9.17) is 11.6 Å². The molecule has 0 saturated heterocycles. The second kappa shape index (κ2) is 5.49. The molecule has 0 amide bonds. The molecule has 0 atom stereocenters. The fourth-order valence-electron chi connectivity index (χ4n) is 2.65. The monoisotopic (exact) mass is 302 g/mol. The number of benzene rings is 2. The summed E-state index contributed by atoms with van der Waals surface area (Å²) in [5, 5.41) is 0. The van der Waals surface area contributed by atoms with Gasteiger partial charge in [-0.05, 0) is 43.2 Å². The topological polar surface area (TPSA) is 17.8 Å². The van der Waals surface area contributed by atoms with Crippen LogP contribution in [0.3, 0.4) is 0 Å². The normalized spacial score (nSPS) is 11.2. The molecule has 3 rings (SSSR count). The van der Waals surface area contributed by atoms with E-state index in [0.717, 1.165) is 28.0 Å². The van der Waals surface area contributed by atoms with Crippen LogP contribution in [0.1, 0.15) is 17.0 Å². The predicted molar refractivity (Wildman–Crippen MR) is 84.9 cm³/mol. The number of hydrogen-bond acceptors (Lipinski definition) is 1. The molecule has 0 radical (unpaired) electrons. The van der Waals surface area contributed by atoms with Crippen molar-refractivity contribution < 1.29 is 4.39 Å². The van der Waals surface area contributed by atoms with Crippen LogP contribution >= 0.6 is 11.6 Å². The summed E-state index contributed by atoms with van der Waals surface area (Å²) < 4.78 is 16.3. The molecule has 108 valence electrons. The van der Waals surface area contributed by atoms with Crippen LogP contribution in [0.2, 0.25) is 0 Å². The van der Waals surface area contributed by atoms with E-state index < -0.39 is 0 Å². The van der Waals surface area contributed by atoms with Crippen LogP contribution in [0.15, 0.2) is 36.4 Å². The Morgan fingerprint density at radius 3 is 2.71 bits per heavy atom. The number of fused-ring (bicyclic) bond motifs is 1. The maximum absolute atomic E-state index is 14.4. The number of halogens is 2. The standard InChI is InChI=1S/C17H16ClFN2/c1-11-6-7-15-14(10-11)20-16(8-9-18)21(15)17-12(2)4-3-5-13(17)19/h3-7,10H,8-9H2,1-2H3. The highest BCUT2D eigenvalue weighted by atomic mass is 35.5. The third-order valence-electron chi connectivity index (χ3n) is 3.61. The van der Waals surface area contributed by atoms with Crippen molar-refractivity contribution in [1.82, 2.24) is 9.55 Å². The van der Waals surface area contributed by atoms with Crippen LogP contribution in [0.5, 0.6) is 0 Å². The molecule has 4 heteroatoms. The molecule has 0 N–H and O–H groups in total. The van der Waals surface area contributed by atoms with Gasteiger partial charge < -0.3 is 0 Å². The number of nitrogens with zero attached hydrogens (tertiary/aromatic N) is 2. The van der Waals surface area contributed by atoms with Crippen LogP contribution in [0, 0.1) is 19.7 Å². The molecule has 0 aliphatic rings. The number of imidazole rings is 1. The molecular weight excluding hydrogens is 287 g/mol. The SMILES string of the molecule is Cc1ccc2c(c1)nc(CCCl)n2-c1c(C)cccc1F. The predicted octanol–water partition coefficient (Wildman–Crippen LogP) is 4.56. The van der Waals surface area contributed by atoms with Crippen molar-refractivity contribution in [2.24, 2.45) is 0 Å². The lowest BCUT2D eigenvalue weighted by atomic mass is 10.1. The van der Waals surface area contributed by atoms with Gasteiger partial charge in [-0.3, -0.25) is 4.57 Å². The van der Waals surface area contributed by atoms with Gasteiger partial charge >= 0.3 is 0 Å². The van der Waals surface area contributed by atoms with Gasteiger partial charge in [0.25, 0.3) is 0 Å². The van der Waals surface area contributed by atoms with Gasteiger partial charge in [0.15, 0.2) is 0 Å². The van der Waals surface area contributed by atoms with Gasteiger partial charge in [0, 0.05) is 12.3 Å². The summed E-state index contributed by atoms with van der Waals surface area (Å²) in [7, 11) is 0. The lowest BCUT2D eigenvalue weighted by Gasteiger charge is -2.12. The maximum atomic E-state index is 14.4. The Hall–Kier alpha value is -1.87. The third kappa shape index (κ3) is 2.42. The van der Waals surface area contributed by atoms with E-state index in [-0.39, 0.29) is 5.82 Å². The van der Waals surface area contributed by atoms with E-state index in [1.807, 2.05) is 42.7 Å². The van der Waals surface area contributed by atoms with Crippen molar-refractivity contribution in [3.63, 3.8) is 0 Å². The first kappa shape index (κ1) is 14.1. The number of aromatic nitrogens is 2. The van der Waals surface area contributed by atoms with Crippen LogP contribution in [0.25, 0.3) is 16.7 Å². The highest BCUT2D eigenvalue weighted by Gasteiger charge is 2.16. The molecule has 1 heterocycles. The maximum Gasteiger partial charge on any atom is 0.147 e. The van der Waals surface area contributed by atoms with E-state index in [9.17, 15) is 4.39 Å². The fraction of sp³-hybridized carbons (Fsp3) is 0.235. The second-order valence-electron chi connectivity index (χ2n) is 5.20. The zero-order valence-corrected chi connectivity index (χ0v) is 12.8. The second-order valence-corrected chi connectivity index (χ2v) is 5.58. The Morgan fingerprint density at radius 1 is 1.19 bits per heavy atom. The Kier molecular flexibility index (Phi) is 3.68. The first-order valence-electron chi connectivity index (χ1n) is 6.91. The van der Waals surface area contributed by atoms with Crippen LogP contribution in [-0.2, 0) is 6.42 Å². The lowest BCUT2D eigenvalue weighted by Crippen LogP contribution is -2.06. The van der Waals surface area contributed by atoms with Gasteiger partial charge in [-0.15, -0.1) is 11.6 Å². The quantitative estimate of drug-likeness (QED) is 0.648. The van der Waals surface area contributed by atoms with Crippen LogP contribution < -0.4 is 0 Å².